The van der Waals surface area contributed by atoms with Crippen LogP contribution in [0.15, 0.2) is 53.3 Å². The first-order valence-electron chi connectivity index (χ1n) is 10.2. The van der Waals surface area contributed by atoms with E-state index in [2.05, 4.69) is 5.32 Å². The van der Waals surface area contributed by atoms with Gasteiger partial charge in [0.15, 0.2) is 11.5 Å². The highest BCUT2D eigenvalue weighted by atomic mass is 32.2. The summed E-state index contributed by atoms with van der Waals surface area (Å²) in [6.07, 6.45) is 1.01. The van der Waals surface area contributed by atoms with Crippen molar-refractivity contribution < 1.29 is 22.7 Å². The lowest BCUT2D eigenvalue weighted by atomic mass is 10.2. The summed E-state index contributed by atoms with van der Waals surface area (Å²) in [5, 5.41) is 2.59. The molecule has 0 spiro atoms. The number of anilines is 2. The molecule has 4 rings (SSSR count). The molecular formula is C22H24N4O6S. The van der Waals surface area contributed by atoms with E-state index in [9.17, 15) is 18.0 Å². The average molecular weight is 473 g/mol. The fourth-order valence-corrected chi connectivity index (χ4v) is 4.46. The molecule has 0 saturated heterocycles. The van der Waals surface area contributed by atoms with Gasteiger partial charge in [0.05, 0.1) is 23.3 Å². The maximum Gasteiger partial charge on any atom is 0.295 e. The average Bonchev–Trinajstić information content (AvgIpc) is 3.00. The summed E-state index contributed by atoms with van der Waals surface area (Å²) in [6, 6.07) is 13.7. The number of amides is 1. The molecule has 1 amide bonds. The van der Waals surface area contributed by atoms with E-state index in [0.717, 1.165) is 10.6 Å². The van der Waals surface area contributed by atoms with Gasteiger partial charge in [0, 0.05) is 13.1 Å². The summed E-state index contributed by atoms with van der Waals surface area (Å²) in [6.45, 7) is 1.93. The number of para-hydroxylation sites is 1. The lowest BCUT2D eigenvalue weighted by Gasteiger charge is -2.24. The molecule has 0 unspecified atom stereocenters. The number of carbonyl (C=O) groups is 1. The van der Waals surface area contributed by atoms with Crippen LogP contribution < -0.4 is 24.7 Å². The quantitative estimate of drug-likeness (QED) is 0.584. The highest BCUT2D eigenvalue weighted by Crippen LogP contribution is 2.34. The Bertz CT molecular complexity index is 1360. The molecule has 0 bridgehead atoms. The molecule has 0 fully saturated rings. The Kier molecular flexibility index (Phi) is 5.90. The molecule has 0 radical (unpaired) electrons. The Hall–Kier alpha value is -3.73. The number of nitrogens with one attached hydrogen (secondary N) is 1. The van der Waals surface area contributed by atoms with Gasteiger partial charge in [0.2, 0.25) is 15.9 Å². The van der Waals surface area contributed by atoms with E-state index in [4.69, 9.17) is 9.47 Å². The van der Waals surface area contributed by atoms with Gasteiger partial charge in [-0.2, -0.15) is 0 Å². The van der Waals surface area contributed by atoms with Crippen LogP contribution in [0.2, 0.25) is 0 Å². The van der Waals surface area contributed by atoms with Crippen molar-refractivity contribution in [3.63, 3.8) is 0 Å². The Morgan fingerprint density at radius 1 is 1.09 bits per heavy atom. The summed E-state index contributed by atoms with van der Waals surface area (Å²) in [5.41, 5.74) is 1.09. The molecule has 33 heavy (non-hydrogen) atoms. The molecule has 2 heterocycles. The largest absolute Gasteiger partial charge is 0.486 e. The number of hydrogen-bond acceptors (Lipinski definition) is 6. The Morgan fingerprint density at radius 2 is 1.76 bits per heavy atom. The van der Waals surface area contributed by atoms with E-state index in [0.29, 0.717) is 36.1 Å². The number of hydrogen-bond donors (Lipinski definition) is 1. The maximum absolute atomic E-state index is 13.0. The third-order valence-electron chi connectivity index (χ3n) is 5.32. The molecule has 0 aliphatic carbocycles. The van der Waals surface area contributed by atoms with Crippen molar-refractivity contribution in [1.82, 2.24) is 9.36 Å². The number of fused-ring (bicyclic) bond motifs is 1. The van der Waals surface area contributed by atoms with Crippen molar-refractivity contribution in [3.05, 3.63) is 64.6 Å². The normalized spacial score (nSPS) is 12.9. The zero-order chi connectivity index (χ0) is 23.8. The van der Waals surface area contributed by atoms with Gasteiger partial charge in [0.25, 0.3) is 5.56 Å². The van der Waals surface area contributed by atoms with Crippen LogP contribution in [0.1, 0.15) is 5.69 Å². The van der Waals surface area contributed by atoms with Gasteiger partial charge < -0.3 is 14.8 Å². The van der Waals surface area contributed by atoms with E-state index < -0.39 is 28.0 Å². The van der Waals surface area contributed by atoms with E-state index in [1.807, 2.05) is 6.07 Å². The Labute approximate surface area is 191 Å². The van der Waals surface area contributed by atoms with Crippen LogP contribution >= 0.6 is 0 Å². The zero-order valence-corrected chi connectivity index (χ0v) is 19.3. The van der Waals surface area contributed by atoms with Crippen LogP contribution in [-0.4, -0.2) is 49.7 Å². The first kappa shape index (κ1) is 22.5. The van der Waals surface area contributed by atoms with Gasteiger partial charge in [-0.3, -0.25) is 18.6 Å². The summed E-state index contributed by atoms with van der Waals surface area (Å²) in [7, 11) is -2.10. The van der Waals surface area contributed by atoms with Gasteiger partial charge in [-0.1, -0.05) is 18.2 Å². The van der Waals surface area contributed by atoms with Gasteiger partial charge in [0.1, 0.15) is 25.4 Å². The van der Waals surface area contributed by atoms with Crippen molar-refractivity contribution >= 4 is 27.3 Å². The lowest BCUT2D eigenvalue weighted by molar-refractivity contribution is -0.114. The van der Waals surface area contributed by atoms with Crippen LogP contribution in [0.3, 0.4) is 0 Å². The maximum atomic E-state index is 13.0. The Balaban J connectivity index is 1.62. The van der Waals surface area contributed by atoms with E-state index in [1.165, 1.54) is 16.8 Å². The molecular weight excluding hydrogens is 448 g/mol. The lowest BCUT2D eigenvalue weighted by Crippen LogP contribution is -2.38. The molecule has 1 aliphatic heterocycles. The smallest absolute Gasteiger partial charge is 0.295 e. The predicted octanol–water partition coefficient (Wildman–Crippen LogP) is 1.66. The van der Waals surface area contributed by atoms with Crippen LogP contribution in [0, 0.1) is 6.92 Å². The summed E-state index contributed by atoms with van der Waals surface area (Å²) in [4.78, 5) is 25.9. The summed E-state index contributed by atoms with van der Waals surface area (Å²) >= 11 is 0. The number of nitrogens with zero attached hydrogens (tertiary/aromatic N) is 3. The fraction of sp³-hybridized carbons (Fsp3) is 0.273. The van der Waals surface area contributed by atoms with Gasteiger partial charge in [-0.15, -0.1) is 0 Å². The van der Waals surface area contributed by atoms with Crippen molar-refractivity contribution in [2.75, 3.05) is 35.6 Å². The summed E-state index contributed by atoms with van der Waals surface area (Å²) < 4.78 is 39.9. The molecule has 0 saturated carbocycles. The highest BCUT2D eigenvalue weighted by Gasteiger charge is 2.25. The molecule has 2 aromatic carbocycles. The van der Waals surface area contributed by atoms with Crippen molar-refractivity contribution in [2.24, 2.45) is 7.05 Å². The minimum atomic E-state index is -3.81. The van der Waals surface area contributed by atoms with Crippen LogP contribution in [0.25, 0.3) is 5.69 Å². The molecule has 11 heteroatoms. The predicted molar refractivity (Wildman–Crippen MR) is 124 cm³/mol. The minimum absolute atomic E-state index is 0.0852. The molecule has 10 nitrogen and oxygen atoms in total. The molecule has 1 aliphatic rings. The minimum Gasteiger partial charge on any atom is -0.486 e. The monoisotopic (exact) mass is 472 g/mol. The topological polar surface area (TPSA) is 112 Å². The Morgan fingerprint density at radius 3 is 2.42 bits per heavy atom. The van der Waals surface area contributed by atoms with Gasteiger partial charge in [-0.25, -0.2) is 13.1 Å². The number of carbonyl (C=O) groups excluding carboxylic acids is 1. The van der Waals surface area contributed by atoms with Gasteiger partial charge >= 0.3 is 0 Å². The van der Waals surface area contributed by atoms with Crippen LogP contribution in [0.5, 0.6) is 11.5 Å². The first-order chi connectivity index (χ1) is 15.7. The third kappa shape index (κ3) is 4.44. The summed E-state index contributed by atoms with van der Waals surface area (Å²) in [5.74, 6) is 0.253. The third-order valence-corrected chi connectivity index (χ3v) is 6.46. The highest BCUT2D eigenvalue weighted by molar-refractivity contribution is 7.92. The van der Waals surface area contributed by atoms with Crippen molar-refractivity contribution in [2.45, 2.75) is 6.92 Å². The van der Waals surface area contributed by atoms with Crippen LogP contribution in [0.4, 0.5) is 11.4 Å². The van der Waals surface area contributed by atoms with Crippen LogP contribution in [-0.2, 0) is 21.9 Å². The SMILES string of the molecule is Cc1c(NC(=O)CN(c2ccc3c(c2)OCCO3)S(C)(=O)=O)c(=O)n(-c2ccccc2)n1C. The van der Waals surface area contributed by atoms with Crippen molar-refractivity contribution in [1.29, 1.82) is 0 Å². The number of ether oxygens (including phenoxy) is 2. The second kappa shape index (κ2) is 8.66. The first-order valence-corrected chi connectivity index (χ1v) is 12.0. The molecule has 0 atom stereocenters. The molecule has 1 N–H and O–H groups in total. The second-order valence-electron chi connectivity index (χ2n) is 7.58. The molecule has 1 aromatic heterocycles. The zero-order valence-electron chi connectivity index (χ0n) is 18.4. The fourth-order valence-electron chi connectivity index (χ4n) is 3.61. The molecule has 174 valence electrons. The van der Waals surface area contributed by atoms with E-state index in [1.54, 1.807) is 49.0 Å². The van der Waals surface area contributed by atoms with Crippen molar-refractivity contribution in [3.8, 4) is 17.2 Å². The number of rotatable bonds is 6. The second-order valence-corrected chi connectivity index (χ2v) is 9.49. The number of benzene rings is 2. The standard InChI is InChI=1S/C22H24N4O6S/c1-15-21(22(28)26(24(15)2)16-7-5-4-6-8-16)23-20(27)14-25(33(3,29)30)17-9-10-18-19(13-17)32-12-11-31-18/h4-10,13H,11-12,14H2,1-3H3,(H,23,27). The molecule has 3 aromatic rings. The number of sulfonamides is 1. The van der Waals surface area contributed by atoms with E-state index in [-0.39, 0.29) is 11.4 Å². The van der Waals surface area contributed by atoms with E-state index >= 15 is 0 Å². The number of aromatic nitrogens is 2. The van der Waals surface area contributed by atoms with Gasteiger partial charge in [-0.05, 0) is 31.2 Å².